The number of nitrogens with zero attached hydrogens (tertiary/aromatic N) is 4. The minimum Gasteiger partial charge on any atom is -0.494 e. The van der Waals surface area contributed by atoms with Crippen molar-refractivity contribution in [2.75, 3.05) is 14.2 Å². The van der Waals surface area contributed by atoms with Crippen LogP contribution in [0.15, 0.2) is 32.5 Å². The summed E-state index contributed by atoms with van der Waals surface area (Å²) in [6.07, 6.45) is 1.99. The first-order valence-electron chi connectivity index (χ1n) is 9.52. The fraction of sp³-hybridized carbons (Fsp3) is 0.350. The molecule has 3 aromatic rings. The fourth-order valence-electron chi connectivity index (χ4n) is 2.89. The molecule has 0 saturated carbocycles. The second-order valence-corrected chi connectivity index (χ2v) is 7.06. The molecular weight excluding hydrogens is 422 g/mol. The van der Waals surface area contributed by atoms with Gasteiger partial charge in [-0.2, -0.15) is 4.98 Å². The van der Waals surface area contributed by atoms with E-state index in [1.165, 1.54) is 10.8 Å². The molecule has 1 aromatic carbocycles. The molecule has 3 rings (SSSR count). The summed E-state index contributed by atoms with van der Waals surface area (Å²) in [5.41, 5.74) is 0.164. The van der Waals surface area contributed by atoms with E-state index in [9.17, 15) is 9.90 Å². The first kappa shape index (κ1) is 22.2. The normalized spacial score (nSPS) is 12.3. The van der Waals surface area contributed by atoms with Crippen LogP contribution >= 0.6 is 12.2 Å². The van der Waals surface area contributed by atoms with Gasteiger partial charge in [-0.3, -0.25) is 19.3 Å². The van der Waals surface area contributed by atoms with Gasteiger partial charge in [0, 0.05) is 17.8 Å². The van der Waals surface area contributed by atoms with Crippen molar-refractivity contribution in [3.8, 4) is 28.8 Å². The molecule has 0 amide bonds. The lowest BCUT2D eigenvalue weighted by Crippen LogP contribution is -2.20. The van der Waals surface area contributed by atoms with Gasteiger partial charge in [0.05, 0.1) is 14.2 Å². The first-order chi connectivity index (χ1) is 14.9. The van der Waals surface area contributed by atoms with Gasteiger partial charge in [-0.15, -0.1) is 0 Å². The number of ether oxygens (including phenoxy) is 2. The van der Waals surface area contributed by atoms with Crippen LogP contribution in [0.3, 0.4) is 0 Å². The Morgan fingerprint density at radius 1 is 1.35 bits per heavy atom. The van der Waals surface area contributed by atoms with Crippen molar-refractivity contribution in [1.29, 1.82) is 0 Å². The fourth-order valence-corrected chi connectivity index (χ4v) is 3.25. The summed E-state index contributed by atoms with van der Waals surface area (Å²) in [6.45, 7) is 3.87. The number of aromatic nitrogens is 4. The van der Waals surface area contributed by atoms with Crippen LogP contribution in [0.2, 0.25) is 0 Å². The molecule has 11 heteroatoms. The van der Waals surface area contributed by atoms with Crippen LogP contribution in [0, 0.1) is 4.77 Å². The van der Waals surface area contributed by atoms with Crippen molar-refractivity contribution in [1.82, 2.24) is 19.7 Å². The molecule has 0 spiro atoms. The lowest BCUT2D eigenvalue weighted by atomic mass is 10.2. The minimum atomic E-state index is -0.526. The molecule has 1 atom stereocenters. The summed E-state index contributed by atoms with van der Waals surface area (Å²) in [4.78, 5) is 23.2. The molecular formula is C20H23N5O5S. The Balaban J connectivity index is 1.82. The van der Waals surface area contributed by atoms with Gasteiger partial charge in [0.1, 0.15) is 12.1 Å². The highest BCUT2D eigenvalue weighted by molar-refractivity contribution is 7.71. The second kappa shape index (κ2) is 9.56. The van der Waals surface area contributed by atoms with E-state index in [2.05, 4.69) is 20.1 Å². The Hall–Kier alpha value is -3.47. The lowest BCUT2D eigenvalue weighted by Gasteiger charge is -2.16. The van der Waals surface area contributed by atoms with Crippen LogP contribution in [-0.4, -0.2) is 45.2 Å². The monoisotopic (exact) mass is 445 g/mol. The molecule has 0 aliphatic heterocycles. The van der Waals surface area contributed by atoms with Crippen molar-refractivity contribution >= 4 is 18.4 Å². The van der Waals surface area contributed by atoms with E-state index in [-0.39, 0.29) is 34.7 Å². The van der Waals surface area contributed by atoms with Crippen LogP contribution in [-0.2, 0) is 6.54 Å². The van der Waals surface area contributed by atoms with Crippen LogP contribution in [0.5, 0.6) is 17.4 Å². The Labute approximate surface area is 183 Å². The third-order valence-corrected chi connectivity index (χ3v) is 5.04. The number of methoxy groups -OCH3 is 2. The van der Waals surface area contributed by atoms with Gasteiger partial charge >= 0.3 is 0 Å². The van der Waals surface area contributed by atoms with Crippen LogP contribution in [0.1, 0.15) is 37.8 Å². The van der Waals surface area contributed by atoms with Gasteiger partial charge in [-0.05, 0) is 43.8 Å². The van der Waals surface area contributed by atoms with Crippen LogP contribution in [0.25, 0.3) is 11.4 Å². The number of nitrogens with one attached hydrogen (secondary N) is 1. The van der Waals surface area contributed by atoms with Crippen molar-refractivity contribution in [2.24, 2.45) is 4.99 Å². The average Bonchev–Trinajstić information content (AvgIpc) is 3.24. The van der Waals surface area contributed by atoms with Gasteiger partial charge in [0.2, 0.25) is 17.6 Å². The standard InChI is InChI=1S/C20H23N5O5S/c1-5-11(2)25-19(27)13(18(26)23-20(25)31)9-21-10-16-22-17(24-30-16)12-6-7-14(28-3)15(8-12)29-4/h6-9,11,27H,5,10H2,1-4H3,(H,23,26,31). The van der Waals surface area contributed by atoms with Gasteiger partial charge in [-0.25, -0.2) is 0 Å². The second-order valence-electron chi connectivity index (χ2n) is 6.68. The molecule has 10 nitrogen and oxygen atoms in total. The zero-order valence-corrected chi connectivity index (χ0v) is 18.4. The SMILES string of the molecule is CCC(C)n1c(O)c(C=NCc2nc(-c3ccc(OC)c(OC)c3)no2)c(=O)[nH]c1=S. The van der Waals surface area contributed by atoms with Gasteiger partial charge in [-0.1, -0.05) is 12.1 Å². The number of H-pyrrole nitrogens is 1. The maximum absolute atomic E-state index is 12.2. The van der Waals surface area contributed by atoms with E-state index in [4.69, 9.17) is 26.2 Å². The third-order valence-electron chi connectivity index (χ3n) is 4.74. The van der Waals surface area contributed by atoms with E-state index in [1.807, 2.05) is 13.8 Å². The number of rotatable bonds is 8. The molecule has 31 heavy (non-hydrogen) atoms. The average molecular weight is 446 g/mol. The van der Waals surface area contributed by atoms with Crippen molar-refractivity contribution < 1.29 is 19.1 Å². The number of aliphatic imine (C=N–C) groups is 1. The van der Waals surface area contributed by atoms with Crippen molar-refractivity contribution in [3.05, 3.63) is 44.8 Å². The minimum absolute atomic E-state index is 0.00790. The predicted molar refractivity (Wildman–Crippen MR) is 117 cm³/mol. The summed E-state index contributed by atoms with van der Waals surface area (Å²) < 4.78 is 17.4. The maximum atomic E-state index is 12.2. The Bertz CT molecular complexity index is 1210. The van der Waals surface area contributed by atoms with E-state index < -0.39 is 5.56 Å². The van der Waals surface area contributed by atoms with Gasteiger partial charge in [0.25, 0.3) is 5.56 Å². The van der Waals surface area contributed by atoms with Gasteiger partial charge in [0.15, 0.2) is 16.3 Å². The summed E-state index contributed by atoms with van der Waals surface area (Å²) in [6, 6.07) is 5.17. The molecule has 0 aliphatic carbocycles. The Morgan fingerprint density at radius 2 is 2.10 bits per heavy atom. The molecule has 0 aliphatic rings. The summed E-state index contributed by atoms with van der Waals surface area (Å²) in [7, 11) is 3.09. The van der Waals surface area contributed by atoms with Crippen LogP contribution in [0.4, 0.5) is 0 Å². The molecule has 0 fully saturated rings. The van der Waals surface area contributed by atoms with E-state index >= 15 is 0 Å². The molecule has 2 heterocycles. The Morgan fingerprint density at radius 3 is 2.77 bits per heavy atom. The number of aromatic hydroxyl groups is 1. The molecule has 0 saturated heterocycles. The van der Waals surface area contributed by atoms with Crippen molar-refractivity contribution in [3.63, 3.8) is 0 Å². The highest BCUT2D eigenvalue weighted by atomic mass is 32.1. The van der Waals surface area contributed by atoms with Crippen LogP contribution < -0.4 is 15.0 Å². The zero-order chi connectivity index (χ0) is 22.5. The van der Waals surface area contributed by atoms with Crippen molar-refractivity contribution in [2.45, 2.75) is 32.9 Å². The largest absolute Gasteiger partial charge is 0.494 e. The molecule has 0 radical (unpaired) electrons. The number of hydrogen-bond acceptors (Lipinski definition) is 9. The highest BCUT2D eigenvalue weighted by Crippen LogP contribution is 2.31. The number of benzene rings is 1. The van der Waals surface area contributed by atoms with E-state index in [0.717, 1.165) is 6.42 Å². The zero-order valence-electron chi connectivity index (χ0n) is 17.6. The molecule has 164 valence electrons. The predicted octanol–water partition coefficient (Wildman–Crippen LogP) is 3.27. The Kier molecular flexibility index (Phi) is 6.85. The first-order valence-corrected chi connectivity index (χ1v) is 9.93. The highest BCUT2D eigenvalue weighted by Gasteiger charge is 2.15. The molecule has 1 unspecified atom stereocenters. The smallest absolute Gasteiger partial charge is 0.264 e. The van der Waals surface area contributed by atoms with E-state index in [0.29, 0.717) is 22.9 Å². The summed E-state index contributed by atoms with van der Waals surface area (Å²) in [5.74, 6) is 1.50. The number of hydrogen-bond donors (Lipinski definition) is 2. The maximum Gasteiger partial charge on any atom is 0.264 e. The lowest BCUT2D eigenvalue weighted by molar-refractivity contribution is 0.355. The van der Waals surface area contributed by atoms with E-state index in [1.54, 1.807) is 32.4 Å². The number of aromatic amines is 1. The van der Waals surface area contributed by atoms with Gasteiger partial charge < -0.3 is 19.1 Å². The quantitative estimate of drug-likeness (QED) is 0.399. The summed E-state index contributed by atoms with van der Waals surface area (Å²) >= 11 is 5.15. The topological polar surface area (TPSA) is 128 Å². The molecule has 2 aromatic heterocycles. The molecule has 0 bridgehead atoms. The summed E-state index contributed by atoms with van der Waals surface area (Å²) in [5, 5.41) is 14.5. The molecule has 2 N–H and O–H groups in total. The third kappa shape index (κ3) is 4.66.